The zero-order chi connectivity index (χ0) is 11.9. The van der Waals surface area contributed by atoms with E-state index in [1.165, 1.54) is 11.3 Å². The smallest absolute Gasteiger partial charge is 0.168 e. The third-order valence-electron chi connectivity index (χ3n) is 3.68. The molecule has 2 heterocycles. The van der Waals surface area contributed by atoms with E-state index in [2.05, 4.69) is 0 Å². The van der Waals surface area contributed by atoms with Crippen LogP contribution >= 0.6 is 22.9 Å². The lowest BCUT2D eigenvalue weighted by Gasteiger charge is -2.40. The summed E-state index contributed by atoms with van der Waals surface area (Å²) in [5.74, 6) is -0.423. The summed E-state index contributed by atoms with van der Waals surface area (Å²) in [7, 11) is 0. The van der Waals surface area contributed by atoms with Gasteiger partial charge in [0.05, 0.1) is 23.2 Å². The van der Waals surface area contributed by atoms with E-state index in [1.54, 1.807) is 0 Å². The Morgan fingerprint density at radius 3 is 2.29 bits per heavy atom. The second kappa shape index (κ2) is 4.21. The van der Waals surface area contributed by atoms with Crippen LogP contribution in [0.3, 0.4) is 0 Å². The van der Waals surface area contributed by atoms with Crippen LogP contribution in [-0.4, -0.2) is 24.1 Å². The zero-order valence-corrected chi connectivity index (χ0v) is 11.0. The predicted molar refractivity (Wildman–Crippen MR) is 66.3 cm³/mol. The Balaban J connectivity index is 1.75. The van der Waals surface area contributed by atoms with Crippen LogP contribution in [0.15, 0.2) is 12.1 Å². The predicted octanol–water partition coefficient (Wildman–Crippen LogP) is 2.91. The average molecular weight is 275 g/mol. The van der Waals surface area contributed by atoms with Crippen molar-refractivity contribution in [3.05, 3.63) is 21.3 Å². The van der Waals surface area contributed by atoms with Crippen molar-refractivity contribution in [1.29, 1.82) is 0 Å². The topological polar surface area (TPSA) is 38.7 Å². The summed E-state index contributed by atoms with van der Waals surface area (Å²) in [4.78, 5) is 0.954. The molecule has 1 saturated heterocycles. The Bertz CT molecular complexity index is 402. The number of aliphatic hydroxyl groups is 1. The van der Waals surface area contributed by atoms with Gasteiger partial charge in [0.15, 0.2) is 5.79 Å². The molecule has 2 fully saturated rings. The van der Waals surface area contributed by atoms with E-state index in [4.69, 9.17) is 21.1 Å². The summed E-state index contributed by atoms with van der Waals surface area (Å²) in [6.45, 7) is 1.34. The van der Waals surface area contributed by atoms with Crippen LogP contribution in [0.25, 0.3) is 0 Å². The Kier molecular flexibility index (Phi) is 2.96. The van der Waals surface area contributed by atoms with Crippen LogP contribution in [0.1, 0.15) is 30.6 Å². The molecule has 0 bridgehead atoms. The lowest BCUT2D eigenvalue weighted by molar-refractivity contribution is -0.203. The van der Waals surface area contributed by atoms with Crippen LogP contribution in [0.4, 0.5) is 0 Å². The molecular formula is C12H15ClO3S. The van der Waals surface area contributed by atoms with Gasteiger partial charge in [-0.05, 0) is 25.0 Å². The number of halogens is 1. The van der Waals surface area contributed by atoms with Crippen molar-refractivity contribution in [1.82, 2.24) is 0 Å². The molecule has 5 heteroatoms. The van der Waals surface area contributed by atoms with Crippen LogP contribution in [0.5, 0.6) is 0 Å². The van der Waals surface area contributed by atoms with Crippen molar-refractivity contribution in [3.63, 3.8) is 0 Å². The van der Waals surface area contributed by atoms with Gasteiger partial charge in [-0.3, -0.25) is 0 Å². The maximum atomic E-state index is 10.6. The molecule has 1 aliphatic carbocycles. The van der Waals surface area contributed by atoms with Crippen molar-refractivity contribution < 1.29 is 14.6 Å². The molecule has 3 rings (SSSR count). The fourth-order valence-corrected chi connectivity index (χ4v) is 3.83. The molecule has 1 aromatic heterocycles. The van der Waals surface area contributed by atoms with Gasteiger partial charge >= 0.3 is 0 Å². The molecule has 0 radical (unpaired) electrons. The quantitative estimate of drug-likeness (QED) is 0.856. The van der Waals surface area contributed by atoms with Crippen molar-refractivity contribution in [2.24, 2.45) is 0 Å². The highest BCUT2D eigenvalue weighted by molar-refractivity contribution is 7.16. The van der Waals surface area contributed by atoms with E-state index >= 15 is 0 Å². The van der Waals surface area contributed by atoms with Crippen LogP contribution in [0, 0.1) is 0 Å². The lowest BCUT2D eigenvalue weighted by atomic mass is 9.80. The van der Waals surface area contributed by atoms with Crippen LogP contribution < -0.4 is 0 Å². The molecule has 0 atom stereocenters. The van der Waals surface area contributed by atoms with Gasteiger partial charge in [0.2, 0.25) is 0 Å². The van der Waals surface area contributed by atoms with E-state index < -0.39 is 11.4 Å². The first-order valence-electron chi connectivity index (χ1n) is 5.88. The molecule has 0 unspecified atom stereocenters. The van der Waals surface area contributed by atoms with Crippen LogP contribution in [-0.2, 0) is 15.1 Å². The second-order valence-corrected chi connectivity index (χ2v) is 6.46. The zero-order valence-electron chi connectivity index (χ0n) is 9.45. The van der Waals surface area contributed by atoms with E-state index in [9.17, 15) is 5.11 Å². The molecule has 1 N–H and O–H groups in total. The maximum Gasteiger partial charge on any atom is 0.168 e. The van der Waals surface area contributed by atoms with Gasteiger partial charge in [-0.2, -0.15) is 0 Å². The van der Waals surface area contributed by atoms with Gasteiger partial charge in [0.25, 0.3) is 0 Å². The first-order valence-corrected chi connectivity index (χ1v) is 7.08. The number of hydrogen-bond acceptors (Lipinski definition) is 4. The van der Waals surface area contributed by atoms with Gasteiger partial charge in [0.1, 0.15) is 0 Å². The average Bonchev–Trinajstić information content (AvgIpc) is 2.94. The minimum atomic E-state index is -0.752. The summed E-state index contributed by atoms with van der Waals surface area (Å²) in [5, 5.41) is 10.6. The van der Waals surface area contributed by atoms with Gasteiger partial charge < -0.3 is 14.6 Å². The number of rotatable bonds is 1. The molecule has 0 aromatic carbocycles. The number of ether oxygens (including phenoxy) is 2. The van der Waals surface area contributed by atoms with Gasteiger partial charge in [0, 0.05) is 17.7 Å². The monoisotopic (exact) mass is 274 g/mol. The molecule has 2 aliphatic rings. The van der Waals surface area contributed by atoms with Crippen LogP contribution in [0.2, 0.25) is 4.34 Å². The first kappa shape index (κ1) is 11.9. The minimum Gasteiger partial charge on any atom is -0.384 e. The summed E-state index contributed by atoms with van der Waals surface area (Å²) < 4.78 is 12.0. The van der Waals surface area contributed by atoms with Crippen molar-refractivity contribution >= 4 is 22.9 Å². The number of hydrogen-bond donors (Lipinski definition) is 1. The van der Waals surface area contributed by atoms with Crippen molar-refractivity contribution in [2.75, 3.05) is 13.2 Å². The molecule has 3 nitrogen and oxygen atoms in total. The van der Waals surface area contributed by atoms with Gasteiger partial charge in [-0.25, -0.2) is 0 Å². The van der Waals surface area contributed by atoms with E-state index in [0.29, 0.717) is 26.1 Å². The Hall–Kier alpha value is -0.130. The molecular weight excluding hydrogens is 260 g/mol. The van der Waals surface area contributed by atoms with Gasteiger partial charge in [-0.1, -0.05) is 11.6 Å². The van der Waals surface area contributed by atoms with E-state index in [-0.39, 0.29) is 0 Å². The third-order valence-corrected chi connectivity index (χ3v) is 5.11. The molecule has 0 amide bonds. The fraction of sp³-hybridized carbons (Fsp3) is 0.667. The third kappa shape index (κ3) is 2.13. The largest absolute Gasteiger partial charge is 0.384 e. The van der Waals surface area contributed by atoms with Crippen molar-refractivity contribution in [3.8, 4) is 0 Å². The Labute approximate surface area is 109 Å². The van der Waals surface area contributed by atoms with Crippen molar-refractivity contribution in [2.45, 2.75) is 37.1 Å². The minimum absolute atomic E-state index is 0.423. The highest BCUT2D eigenvalue weighted by atomic mass is 35.5. The summed E-state index contributed by atoms with van der Waals surface area (Å²) in [6.07, 6.45) is 2.84. The second-order valence-electron chi connectivity index (χ2n) is 4.74. The lowest BCUT2D eigenvalue weighted by Crippen LogP contribution is -2.41. The molecule has 94 valence electrons. The SMILES string of the molecule is OC1(c2ccc(Cl)s2)CCC2(CC1)OCCO2. The molecule has 1 aliphatic heterocycles. The summed E-state index contributed by atoms with van der Waals surface area (Å²) >= 11 is 7.38. The summed E-state index contributed by atoms with van der Waals surface area (Å²) in [5.41, 5.74) is -0.752. The Morgan fingerprint density at radius 2 is 1.76 bits per heavy atom. The molecule has 1 saturated carbocycles. The molecule has 1 aromatic rings. The normalized spacial score (nSPS) is 26.5. The Morgan fingerprint density at radius 1 is 1.12 bits per heavy atom. The first-order chi connectivity index (χ1) is 8.12. The van der Waals surface area contributed by atoms with Gasteiger partial charge in [-0.15, -0.1) is 11.3 Å². The summed E-state index contributed by atoms with van der Waals surface area (Å²) in [6, 6.07) is 3.76. The fourth-order valence-electron chi connectivity index (χ4n) is 2.64. The molecule has 1 spiro atoms. The highest BCUT2D eigenvalue weighted by Crippen LogP contribution is 2.46. The highest BCUT2D eigenvalue weighted by Gasteiger charge is 2.46. The number of thiophene rings is 1. The van der Waals surface area contributed by atoms with E-state index in [0.717, 1.165) is 22.1 Å². The standard InChI is InChI=1S/C12H15ClO3S/c13-10-2-1-9(17-10)11(14)3-5-12(6-4-11)15-7-8-16-12/h1-2,14H,3-8H2. The molecule has 17 heavy (non-hydrogen) atoms. The maximum absolute atomic E-state index is 10.6. The van der Waals surface area contributed by atoms with E-state index in [1.807, 2.05) is 12.1 Å².